The van der Waals surface area contributed by atoms with Crippen LogP contribution in [-0.2, 0) is 9.63 Å². The van der Waals surface area contributed by atoms with Gasteiger partial charge in [-0.3, -0.25) is 9.63 Å². The van der Waals surface area contributed by atoms with Crippen LogP contribution < -0.4 is 31.5 Å². The molecule has 0 spiro atoms. The average molecular weight is 486 g/mol. The number of rotatable bonds is 11. The number of benzene rings is 2. The molecule has 6 N–H and O–H groups in total. The van der Waals surface area contributed by atoms with Gasteiger partial charge in [0.2, 0.25) is 5.91 Å². The molecule has 2 aliphatic heterocycles. The van der Waals surface area contributed by atoms with E-state index in [1.165, 1.54) is 0 Å². The number of likely N-dealkylation sites (tertiary alicyclic amines) is 1. The summed E-state index contributed by atoms with van der Waals surface area (Å²) in [6.45, 7) is 3.72. The molecule has 1 fully saturated rings. The number of fused-ring (bicyclic) bond motifs is 1. The standard InChI is InChI=1S/C25H35N5O5/c26-19-6-1-2-7-21(19)30(27)35-13-5-8-24(31)28-20(17-29-11-3-4-12-29)25(32)18-9-10-22-23(16-18)34-15-14-33-22/h1-2,6-7,9-10,16,20,25,32H,3-5,8,11-15,17,26-27H2,(H,28,31). The fourth-order valence-corrected chi connectivity index (χ4v) is 4.38. The van der Waals surface area contributed by atoms with Gasteiger partial charge in [-0.1, -0.05) is 18.2 Å². The normalized spacial score (nSPS) is 17.1. The van der Waals surface area contributed by atoms with Gasteiger partial charge in [-0.15, -0.1) is 0 Å². The van der Waals surface area contributed by atoms with Crippen LogP contribution in [0.3, 0.4) is 0 Å². The van der Waals surface area contributed by atoms with E-state index < -0.39 is 12.1 Å². The highest BCUT2D eigenvalue weighted by molar-refractivity contribution is 5.76. The van der Waals surface area contributed by atoms with E-state index in [-0.39, 0.29) is 18.9 Å². The zero-order valence-corrected chi connectivity index (χ0v) is 19.9. The van der Waals surface area contributed by atoms with Crippen molar-refractivity contribution in [3.05, 3.63) is 48.0 Å². The highest BCUT2D eigenvalue weighted by atomic mass is 16.7. The van der Waals surface area contributed by atoms with Crippen molar-refractivity contribution in [2.24, 2.45) is 5.84 Å². The molecular weight excluding hydrogens is 450 g/mol. The number of aliphatic hydroxyl groups excluding tert-OH is 1. The Kier molecular flexibility index (Phi) is 8.64. The van der Waals surface area contributed by atoms with Crippen molar-refractivity contribution in [1.82, 2.24) is 10.2 Å². The minimum absolute atomic E-state index is 0.155. The van der Waals surface area contributed by atoms with Crippen molar-refractivity contribution in [3.63, 3.8) is 0 Å². The molecule has 190 valence electrons. The van der Waals surface area contributed by atoms with Crippen molar-refractivity contribution in [2.45, 2.75) is 37.8 Å². The summed E-state index contributed by atoms with van der Waals surface area (Å²) in [5.74, 6) is 7.03. The van der Waals surface area contributed by atoms with E-state index in [2.05, 4.69) is 10.2 Å². The van der Waals surface area contributed by atoms with Gasteiger partial charge in [0.25, 0.3) is 0 Å². The largest absolute Gasteiger partial charge is 0.486 e. The lowest BCUT2D eigenvalue weighted by Crippen LogP contribution is -2.46. The Bertz CT molecular complexity index is 984. The molecule has 10 heteroatoms. The second-order valence-electron chi connectivity index (χ2n) is 8.85. The van der Waals surface area contributed by atoms with E-state index >= 15 is 0 Å². The van der Waals surface area contributed by atoms with Gasteiger partial charge in [0.1, 0.15) is 25.0 Å². The quantitative estimate of drug-likeness (QED) is 0.162. The van der Waals surface area contributed by atoms with Crippen LogP contribution >= 0.6 is 0 Å². The molecule has 1 amide bonds. The van der Waals surface area contributed by atoms with Crippen molar-refractivity contribution in [2.75, 3.05) is 50.4 Å². The van der Waals surface area contributed by atoms with Crippen LogP contribution in [0.1, 0.15) is 37.4 Å². The number of hydrazine groups is 1. The van der Waals surface area contributed by atoms with Crippen LogP contribution in [0.4, 0.5) is 11.4 Å². The van der Waals surface area contributed by atoms with Gasteiger partial charge in [0.05, 0.1) is 18.3 Å². The molecule has 2 heterocycles. The van der Waals surface area contributed by atoms with Crippen LogP contribution in [-0.4, -0.2) is 61.4 Å². The number of anilines is 2. The van der Waals surface area contributed by atoms with Crippen molar-refractivity contribution in [3.8, 4) is 11.5 Å². The molecular formula is C25H35N5O5. The number of para-hydroxylation sites is 2. The molecule has 10 nitrogen and oxygen atoms in total. The SMILES string of the molecule is Nc1ccccc1N(N)OCCCC(=O)NC(CN1CCCC1)C(O)c1ccc2c(c1)OCCO2. The Balaban J connectivity index is 1.31. The lowest BCUT2D eigenvalue weighted by molar-refractivity contribution is -0.123. The molecule has 0 aromatic heterocycles. The molecule has 2 aliphatic rings. The first-order valence-corrected chi connectivity index (χ1v) is 12.1. The summed E-state index contributed by atoms with van der Waals surface area (Å²) in [7, 11) is 0. The third kappa shape index (κ3) is 6.76. The van der Waals surface area contributed by atoms with Crippen molar-refractivity contribution in [1.29, 1.82) is 0 Å². The number of hydrogen-bond acceptors (Lipinski definition) is 9. The number of nitrogen functional groups attached to an aromatic ring is 1. The first kappa shape index (κ1) is 25.1. The molecule has 0 saturated carbocycles. The van der Waals surface area contributed by atoms with Gasteiger partial charge in [-0.2, -0.15) is 5.17 Å². The monoisotopic (exact) mass is 485 g/mol. The first-order chi connectivity index (χ1) is 17.0. The average Bonchev–Trinajstić information content (AvgIpc) is 3.39. The number of hydrogen-bond donors (Lipinski definition) is 4. The highest BCUT2D eigenvalue weighted by Crippen LogP contribution is 2.33. The van der Waals surface area contributed by atoms with Crippen molar-refractivity contribution >= 4 is 17.3 Å². The maximum Gasteiger partial charge on any atom is 0.220 e. The Morgan fingerprint density at radius 2 is 1.89 bits per heavy atom. The third-order valence-electron chi connectivity index (χ3n) is 6.24. The molecule has 2 aromatic carbocycles. The van der Waals surface area contributed by atoms with Gasteiger partial charge in [-0.25, -0.2) is 5.84 Å². The zero-order chi connectivity index (χ0) is 24.6. The Labute approximate surface area is 205 Å². The number of carbonyl (C=O) groups is 1. The van der Waals surface area contributed by atoms with E-state index in [4.69, 9.17) is 25.9 Å². The van der Waals surface area contributed by atoms with Crippen LogP contribution in [0, 0.1) is 0 Å². The number of nitrogens with zero attached hydrogens (tertiary/aromatic N) is 2. The number of ether oxygens (including phenoxy) is 2. The smallest absolute Gasteiger partial charge is 0.220 e. The molecule has 4 rings (SSSR count). The molecule has 2 aromatic rings. The van der Waals surface area contributed by atoms with E-state index in [1.54, 1.807) is 24.3 Å². The van der Waals surface area contributed by atoms with Crippen molar-refractivity contribution < 1.29 is 24.2 Å². The van der Waals surface area contributed by atoms with E-state index in [0.29, 0.717) is 54.6 Å². The maximum absolute atomic E-state index is 12.8. The molecule has 1 saturated heterocycles. The summed E-state index contributed by atoms with van der Waals surface area (Å²) in [5, 5.41) is 15.3. The molecule has 0 radical (unpaired) electrons. The topological polar surface area (TPSA) is 136 Å². The number of amides is 1. The minimum Gasteiger partial charge on any atom is -0.486 e. The van der Waals surface area contributed by atoms with Crippen LogP contribution in [0.25, 0.3) is 0 Å². The molecule has 2 atom stereocenters. The van der Waals surface area contributed by atoms with Gasteiger partial charge < -0.3 is 30.5 Å². The summed E-state index contributed by atoms with van der Waals surface area (Å²) >= 11 is 0. The van der Waals surface area contributed by atoms with E-state index in [9.17, 15) is 9.90 Å². The third-order valence-corrected chi connectivity index (χ3v) is 6.24. The fraction of sp³-hybridized carbons (Fsp3) is 0.480. The van der Waals surface area contributed by atoms with Gasteiger partial charge >= 0.3 is 0 Å². The molecule has 0 aliphatic carbocycles. The number of carbonyl (C=O) groups excluding carboxylic acids is 1. The lowest BCUT2D eigenvalue weighted by atomic mass is 10.0. The summed E-state index contributed by atoms with van der Waals surface area (Å²) in [4.78, 5) is 20.5. The zero-order valence-electron chi connectivity index (χ0n) is 19.9. The van der Waals surface area contributed by atoms with Crippen LogP contribution in [0.2, 0.25) is 0 Å². The fourth-order valence-electron chi connectivity index (χ4n) is 4.38. The van der Waals surface area contributed by atoms with Crippen LogP contribution in [0.5, 0.6) is 11.5 Å². The molecule has 2 unspecified atom stereocenters. The predicted molar refractivity (Wildman–Crippen MR) is 133 cm³/mol. The Morgan fingerprint density at radius 3 is 2.66 bits per heavy atom. The van der Waals surface area contributed by atoms with Gasteiger partial charge in [-0.05, 0) is 62.2 Å². The minimum atomic E-state index is -0.882. The van der Waals surface area contributed by atoms with Crippen LogP contribution in [0.15, 0.2) is 42.5 Å². The second kappa shape index (κ2) is 12.1. The summed E-state index contributed by atoms with van der Waals surface area (Å²) < 4.78 is 11.2. The number of aliphatic hydroxyl groups is 1. The molecule has 0 bridgehead atoms. The highest BCUT2D eigenvalue weighted by Gasteiger charge is 2.27. The Morgan fingerprint density at radius 1 is 1.14 bits per heavy atom. The second-order valence-corrected chi connectivity index (χ2v) is 8.85. The van der Waals surface area contributed by atoms with Gasteiger partial charge in [0.15, 0.2) is 11.5 Å². The number of nitrogens with one attached hydrogen (secondary N) is 1. The summed E-state index contributed by atoms with van der Waals surface area (Å²) in [6.07, 6.45) is 2.07. The van der Waals surface area contributed by atoms with Gasteiger partial charge in [0, 0.05) is 13.0 Å². The van der Waals surface area contributed by atoms with E-state index in [1.807, 2.05) is 18.2 Å². The van der Waals surface area contributed by atoms with E-state index in [0.717, 1.165) is 31.1 Å². The molecule has 35 heavy (non-hydrogen) atoms. The predicted octanol–water partition coefficient (Wildman–Crippen LogP) is 1.75. The maximum atomic E-state index is 12.8. The number of nitrogens with two attached hydrogens (primary N) is 2. The Hall–Kier alpha value is -3.05. The lowest BCUT2D eigenvalue weighted by Gasteiger charge is -2.29. The summed E-state index contributed by atoms with van der Waals surface area (Å²) in [5.41, 5.74) is 7.65. The first-order valence-electron chi connectivity index (χ1n) is 12.1. The summed E-state index contributed by atoms with van der Waals surface area (Å²) in [6, 6.07) is 12.1.